The number of benzene rings is 1. The van der Waals surface area contributed by atoms with Gasteiger partial charge in [-0.15, -0.1) is 10.2 Å². The van der Waals surface area contributed by atoms with Crippen molar-refractivity contribution >= 4 is 10.0 Å². The van der Waals surface area contributed by atoms with Gasteiger partial charge in [-0.1, -0.05) is 6.42 Å². The van der Waals surface area contributed by atoms with Gasteiger partial charge in [0.25, 0.3) is 0 Å². The lowest BCUT2D eigenvalue weighted by Crippen LogP contribution is -2.32. The molecule has 0 saturated carbocycles. The van der Waals surface area contributed by atoms with Crippen LogP contribution in [0.5, 0.6) is 5.75 Å². The van der Waals surface area contributed by atoms with Crippen molar-refractivity contribution in [1.29, 1.82) is 0 Å². The second kappa shape index (κ2) is 8.07. The minimum atomic E-state index is -3.62. The fourth-order valence-corrected chi connectivity index (χ4v) is 6.08. The topological polar surface area (TPSA) is 77.3 Å². The highest BCUT2D eigenvalue weighted by Crippen LogP contribution is 2.37. The Morgan fingerprint density at radius 2 is 1.93 bits per heavy atom. The zero-order valence-electron chi connectivity index (χ0n) is 17.5. The molecule has 1 aromatic carbocycles. The molecule has 0 spiro atoms. The van der Waals surface area contributed by atoms with Crippen LogP contribution < -0.4 is 4.74 Å². The van der Waals surface area contributed by atoms with Crippen molar-refractivity contribution in [1.82, 2.24) is 19.1 Å². The molecule has 1 fully saturated rings. The van der Waals surface area contributed by atoms with E-state index in [2.05, 4.69) is 14.8 Å². The summed E-state index contributed by atoms with van der Waals surface area (Å²) < 4.78 is 36.5. The Labute approximate surface area is 173 Å². The van der Waals surface area contributed by atoms with E-state index in [9.17, 15) is 8.42 Å². The highest BCUT2D eigenvalue weighted by atomic mass is 32.2. The quantitative estimate of drug-likeness (QED) is 0.741. The number of fused-ring (bicyclic) bond motifs is 1. The van der Waals surface area contributed by atoms with Gasteiger partial charge < -0.3 is 9.30 Å². The van der Waals surface area contributed by atoms with Crippen molar-refractivity contribution in [2.45, 2.75) is 82.9 Å². The van der Waals surface area contributed by atoms with Crippen LogP contribution in [0.2, 0.25) is 0 Å². The third-order valence-electron chi connectivity index (χ3n) is 5.76. The van der Waals surface area contributed by atoms with Crippen LogP contribution in [0.1, 0.15) is 69.2 Å². The molecule has 1 unspecified atom stereocenters. The summed E-state index contributed by atoms with van der Waals surface area (Å²) >= 11 is 0. The summed E-state index contributed by atoms with van der Waals surface area (Å²) in [7, 11) is -3.62. The van der Waals surface area contributed by atoms with Crippen molar-refractivity contribution in [3.63, 3.8) is 0 Å². The summed E-state index contributed by atoms with van der Waals surface area (Å²) in [6.07, 6.45) is 5.97. The first-order valence-corrected chi connectivity index (χ1v) is 12.0. The molecule has 8 heteroatoms. The van der Waals surface area contributed by atoms with E-state index in [-0.39, 0.29) is 12.1 Å². The zero-order valence-corrected chi connectivity index (χ0v) is 18.3. The molecule has 0 bridgehead atoms. The van der Waals surface area contributed by atoms with Crippen molar-refractivity contribution in [3.05, 3.63) is 35.4 Å². The fourth-order valence-electron chi connectivity index (χ4n) is 4.34. The molecule has 1 atom stereocenters. The lowest BCUT2D eigenvalue weighted by atomic mass is 10.2. The lowest BCUT2D eigenvalue weighted by molar-refractivity contribution is 0.240. The Hall–Kier alpha value is -1.93. The lowest BCUT2D eigenvalue weighted by Gasteiger charge is -2.24. The first-order chi connectivity index (χ1) is 13.9. The molecule has 7 nitrogen and oxygen atoms in total. The largest absolute Gasteiger partial charge is 0.491 e. The van der Waals surface area contributed by atoms with Crippen LogP contribution in [0.15, 0.2) is 23.1 Å². The van der Waals surface area contributed by atoms with Crippen molar-refractivity contribution in [3.8, 4) is 5.75 Å². The summed E-state index contributed by atoms with van der Waals surface area (Å²) in [5, 5.41) is 8.81. The third kappa shape index (κ3) is 3.92. The van der Waals surface area contributed by atoms with Gasteiger partial charge >= 0.3 is 0 Å². The van der Waals surface area contributed by atoms with E-state index in [1.807, 2.05) is 20.8 Å². The predicted molar refractivity (Wildman–Crippen MR) is 110 cm³/mol. The van der Waals surface area contributed by atoms with Crippen LogP contribution in [-0.2, 0) is 23.0 Å². The molecule has 3 heterocycles. The summed E-state index contributed by atoms with van der Waals surface area (Å²) in [5.41, 5.74) is 0.826. The highest BCUT2D eigenvalue weighted by molar-refractivity contribution is 7.89. The molecule has 1 aromatic heterocycles. The van der Waals surface area contributed by atoms with E-state index < -0.39 is 10.0 Å². The van der Waals surface area contributed by atoms with Gasteiger partial charge in [0.1, 0.15) is 11.6 Å². The van der Waals surface area contributed by atoms with Crippen LogP contribution in [0.4, 0.5) is 0 Å². The van der Waals surface area contributed by atoms with Gasteiger partial charge in [-0.25, -0.2) is 8.42 Å². The number of nitrogens with zero attached hydrogens (tertiary/aromatic N) is 4. The maximum atomic E-state index is 13.5. The Morgan fingerprint density at radius 3 is 2.69 bits per heavy atom. The molecule has 29 heavy (non-hydrogen) atoms. The first kappa shape index (κ1) is 20.3. The van der Waals surface area contributed by atoms with E-state index in [1.165, 1.54) is 6.42 Å². The highest BCUT2D eigenvalue weighted by Gasteiger charge is 2.39. The average Bonchev–Trinajstić information content (AvgIpc) is 3.24. The van der Waals surface area contributed by atoms with E-state index in [4.69, 9.17) is 4.74 Å². The monoisotopic (exact) mass is 418 g/mol. The normalized spacial score (nSPS) is 20.6. The standard InChI is InChI=1S/C21H30N4O3S/c1-15(2)28-19-11-10-17(14-16(19)3)29(26,27)25-13-7-8-18(25)21-23-22-20-9-5-4-6-12-24(20)21/h10-11,14-15,18H,4-9,12-13H2,1-3H3. The predicted octanol–water partition coefficient (Wildman–Crippen LogP) is 3.63. The van der Waals surface area contributed by atoms with Gasteiger partial charge in [-0.3, -0.25) is 0 Å². The number of aryl methyl sites for hydroxylation is 2. The smallest absolute Gasteiger partial charge is 0.243 e. The SMILES string of the molecule is Cc1cc(S(=O)(=O)N2CCCC2c2nnc3n2CCCCC3)ccc1OC(C)C. The van der Waals surface area contributed by atoms with Crippen LogP contribution in [0.25, 0.3) is 0 Å². The van der Waals surface area contributed by atoms with Crippen molar-refractivity contribution in [2.75, 3.05) is 6.54 Å². The van der Waals surface area contributed by atoms with Crippen LogP contribution in [0.3, 0.4) is 0 Å². The molecule has 0 N–H and O–H groups in total. The number of rotatable bonds is 5. The Bertz CT molecular complexity index is 984. The number of hydrogen-bond donors (Lipinski definition) is 0. The summed E-state index contributed by atoms with van der Waals surface area (Å²) in [6, 6.07) is 4.88. The van der Waals surface area contributed by atoms with Crippen molar-refractivity contribution in [2.24, 2.45) is 0 Å². The Balaban J connectivity index is 1.65. The Kier molecular flexibility index (Phi) is 5.66. The third-order valence-corrected chi connectivity index (χ3v) is 7.66. The van der Waals surface area contributed by atoms with Crippen molar-refractivity contribution < 1.29 is 13.2 Å². The fraction of sp³-hybridized carbons (Fsp3) is 0.619. The number of aromatic nitrogens is 3. The molecule has 158 valence electrons. The molecule has 2 aliphatic rings. The number of ether oxygens (including phenoxy) is 1. The van der Waals surface area contributed by atoms with Crippen LogP contribution >= 0.6 is 0 Å². The van der Waals surface area contributed by atoms with E-state index in [0.717, 1.165) is 61.6 Å². The number of hydrogen-bond acceptors (Lipinski definition) is 5. The zero-order chi connectivity index (χ0) is 20.6. The molecule has 0 radical (unpaired) electrons. The van der Waals surface area contributed by atoms with E-state index in [0.29, 0.717) is 11.4 Å². The van der Waals surface area contributed by atoms with Gasteiger partial charge in [-0.05, 0) is 70.2 Å². The second-order valence-electron chi connectivity index (χ2n) is 8.30. The molecule has 0 amide bonds. The minimum absolute atomic E-state index is 0.0438. The molecule has 4 rings (SSSR count). The maximum Gasteiger partial charge on any atom is 0.243 e. The second-order valence-corrected chi connectivity index (χ2v) is 10.2. The van der Waals surface area contributed by atoms with Gasteiger partial charge in [0.15, 0.2) is 5.82 Å². The van der Waals surface area contributed by atoms with Gasteiger partial charge in [0, 0.05) is 19.5 Å². The van der Waals surface area contributed by atoms with Crippen LogP contribution in [-0.4, -0.2) is 40.1 Å². The maximum absolute atomic E-state index is 13.5. The molecular weight excluding hydrogens is 388 g/mol. The molecule has 2 aliphatic heterocycles. The molecule has 1 saturated heterocycles. The molecule has 2 aromatic rings. The summed E-state index contributed by atoms with van der Waals surface area (Å²) in [4.78, 5) is 0.314. The van der Waals surface area contributed by atoms with E-state index in [1.54, 1.807) is 22.5 Å². The van der Waals surface area contributed by atoms with Gasteiger partial charge in [0.2, 0.25) is 10.0 Å². The Morgan fingerprint density at radius 1 is 1.10 bits per heavy atom. The average molecular weight is 419 g/mol. The van der Waals surface area contributed by atoms with Crippen LogP contribution in [0, 0.1) is 6.92 Å². The first-order valence-electron chi connectivity index (χ1n) is 10.6. The van der Waals surface area contributed by atoms with Gasteiger partial charge in [-0.2, -0.15) is 4.31 Å². The minimum Gasteiger partial charge on any atom is -0.491 e. The molecular formula is C21H30N4O3S. The summed E-state index contributed by atoms with van der Waals surface area (Å²) in [6.45, 7) is 7.19. The van der Waals surface area contributed by atoms with E-state index >= 15 is 0 Å². The summed E-state index contributed by atoms with van der Waals surface area (Å²) in [5.74, 6) is 2.52. The number of sulfonamides is 1. The van der Waals surface area contributed by atoms with Gasteiger partial charge in [0.05, 0.1) is 17.0 Å². The molecule has 0 aliphatic carbocycles.